The molecule has 154 valence electrons. The van der Waals surface area contributed by atoms with Gasteiger partial charge in [-0.25, -0.2) is 13.4 Å². The van der Waals surface area contributed by atoms with Crippen LogP contribution in [-0.4, -0.2) is 31.3 Å². The van der Waals surface area contributed by atoms with Crippen LogP contribution in [0.25, 0.3) is 10.2 Å². The zero-order valence-corrected chi connectivity index (χ0v) is 17.2. The second kappa shape index (κ2) is 8.20. The van der Waals surface area contributed by atoms with Gasteiger partial charge >= 0.3 is 6.18 Å². The number of halogens is 3. The van der Waals surface area contributed by atoms with Crippen molar-refractivity contribution >= 4 is 60.6 Å². The molecule has 0 spiro atoms. The number of nitrogens with one attached hydrogen (secondary N) is 2. The molecule has 1 aromatic heterocycles. The fourth-order valence-corrected chi connectivity index (χ4v) is 4.80. The van der Waals surface area contributed by atoms with Gasteiger partial charge in [-0.2, -0.15) is 13.2 Å². The number of sulfonamides is 1. The molecule has 0 saturated carbocycles. The monoisotopic (exact) mass is 461 g/mol. The zero-order valence-electron chi connectivity index (χ0n) is 14.8. The number of aromatic nitrogens is 1. The zero-order chi connectivity index (χ0) is 21.2. The number of benzene rings is 2. The quantitative estimate of drug-likeness (QED) is 0.531. The summed E-state index contributed by atoms with van der Waals surface area (Å²) in [6, 6.07) is 9.28. The number of thioether (sulfide) groups is 1. The number of fused-ring (bicyclic) bond motifs is 1. The molecule has 1 amide bonds. The van der Waals surface area contributed by atoms with Crippen molar-refractivity contribution in [3.63, 3.8) is 0 Å². The molecular formula is C17H14F3N3O3S3. The summed E-state index contributed by atoms with van der Waals surface area (Å²) < 4.78 is 64.5. The number of amides is 1. The number of rotatable bonds is 6. The molecule has 2 aromatic carbocycles. The summed E-state index contributed by atoms with van der Waals surface area (Å²) in [5.74, 6) is -0.502. The van der Waals surface area contributed by atoms with E-state index in [1.807, 2.05) is 0 Å². The van der Waals surface area contributed by atoms with E-state index >= 15 is 0 Å². The molecule has 3 rings (SSSR count). The Balaban J connectivity index is 1.63. The second-order valence-electron chi connectivity index (χ2n) is 5.95. The molecule has 3 aromatic rings. The van der Waals surface area contributed by atoms with Crippen molar-refractivity contribution in [2.24, 2.45) is 0 Å². The highest BCUT2D eigenvalue weighted by atomic mass is 32.2. The number of alkyl halides is 3. The average Bonchev–Trinajstić information content (AvgIpc) is 3.00. The molecule has 12 heteroatoms. The van der Waals surface area contributed by atoms with Gasteiger partial charge in [0.2, 0.25) is 15.9 Å². The van der Waals surface area contributed by atoms with Crippen LogP contribution in [0, 0.1) is 0 Å². The first-order valence-corrected chi connectivity index (χ1v) is 11.7. The van der Waals surface area contributed by atoms with E-state index in [0.29, 0.717) is 15.5 Å². The van der Waals surface area contributed by atoms with Gasteiger partial charge in [-0.15, -0.1) is 11.3 Å². The van der Waals surface area contributed by atoms with E-state index < -0.39 is 27.7 Å². The minimum Gasteiger partial charge on any atom is -0.325 e. The third-order valence-electron chi connectivity index (χ3n) is 3.47. The Kier molecular flexibility index (Phi) is 6.05. The molecule has 0 saturated heterocycles. The molecule has 0 atom stereocenters. The molecule has 1 heterocycles. The molecule has 0 radical (unpaired) electrons. The maximum absolute atomic E-state index is 12.7. The molecule has 0 aliphatic rings. The normalized spacial score (nSPS) is 12.1. The van der Waals surface area contributed by atoms with Gasteiger partial charge in [-0.05, 0) is 36.4 Å². The van der Waals surface area contributed by atoms with Crippen LogP contribution in [0.15, 0.2) is 46.8 Å². The Bertz CT molecular complexity index is 1160. The van der Waals surface area contributed by atoms with Crippen molar-refractivity contribution in [3.05, 3.63) is 48.0 Å². The van der Waals surface area contributed by atoms with Gasteiger partial charge in [0.05, 0.1) is 33.5 Å². The smallest absolute Gasteiger partial charge is 0.325 e. The maximum atomic E-state index is 12.7. The summed E-state index contributed by atoms with van der Waals surface area (Å²) in [6.45, 7) is 0. The van der Waals surface area contributed by atoms with Gasteiger partial charge in [0.25, 0.3) is 0 Å². The van der Waals surface area contributed by atoms with Crippen molar-refractivity contribution < 1.29 is 26.4 Å². The highest BCUT2D eigenvalue weighted by molar-refractivity contribution is 8.01. The number of carbonyl (C=O) groups excluding carboxylic acids is 1. The Hall–Kier alpha value is -2.31. The van der Waals surface area contributed by atoms with Crippen molar-refractivity contribution in [1.82, 2.24) is 4.98 Å². The lowest BCUT2D eigenvalue weighted by Crippen LogP contribution is -2.14. The van der Waals surface area contributed by atoms with E-state index in [2.05, 4.69) is 15.0 Å². The van der Waals surface area contributed by atoms with E-state index in [0.717, 1.165) is 34.9 Å². The number of nitrogens with zero attached hydrogens (tertiary/aromatic N) is 1. The van der Waals surface area contributed by atoms with E-state index in [-0.39, 0.29) is 11.4 Å². The first kappa shape index (κ1) is 21.4. The Labute approximate surface area is 172 Å². The van der Waals surface area contributed by atoms with E-state index in [9.17, 15) is 26.4 Å². The Morgan fingerprint density at radius 2 is 1.93 bits per heavy atom. The third kappa shape index (κ3) is 6.08. The minimum atomic E-state index is -4.48. The van der Waals surface area contributed by atoms with Crippen LogP contribution in [0.1, 0.15) is 5.56 Å². The highest BCUT2D eigenvalue weighted by Gasteiger charge is 2.30. The summed E-state index contributed by atoms with van der Waals surface area (Å²) in [4.78, 5) is 16.4. The molecule has 0 bridgehead atoms. The average molecular weight is 462 g/mol. The molecular weight excluding hydrogens is 447 g/mol. The number of hydrogen-bond acceptors (Lipinski definition) is 6. The van der Waals surface area contributed by atoms with Crippen LogP contribution in [0.5, 0.6) is 0 Å². The predicted molar refractivity (Wildman–Crippen MR) is 109 cm³/mol. The first-order chi connectivity index (χ1) is 13.5. The Morgan fingerprint density at radius 3 is 2.62 bits per heavy atom. The predicted octanol–water partition coefficient (Wildman–Crippen LogP) is 4.42. The lowest BCUT2D eigenvalue weighted by atomic mass is 10.2. The van der Waals surface area contributed by atoms with Crippen molar-refractivity contribution in [2.45, 2.75) is 10.5 Å². The molecule has 29 heavy (non-hydrogen) atoms. The van der Waals surface area contributed by atoms with E-state index in [1.54, 1.807) is 18.2 Å². The van der Waals surface area contributed by atoms with Crippen molar-refractivity contribution in [3.8, 4) is 0 Å². The van der Waals surface area contributed by atoms with Crippen LogP contribution < -0.4 is 10.0 Å². The Morgan fingerprint density at radius 1 is 1.17 bits per heavy atom. The van der Waals surface area contributed by atoms with Gasteiger partial charge in [0.1, 0.15) is 0 Å². The van der Waals surface area contributed by atoms with Crippen LogP contribution in [-0.2, 0) is 21.0 Å². The van der Waals surface area contributed by atoms with Gasteiger partial charge < -0.3 is 5.32 Å². The van der Waals surface area contributed by atoms with Crippen LogP contribution in [0.3, 0.4) is 0 Å². The maximum Gasteiger partial charge on any atom is 0.416 e. The van der Waals surface area contributed by atoms with E-state index in [1.165, 1.54) is 23.5 Å². The molecule has 0 fully saturated rings. The topological polar surface area (TPSA) is 88.2 Å². The SMILES string of the molecule is CS(=O)(=O)Nc1ccc2nc(SCC(=O)Nc3cccc(C(F)(F)F)c3)sc2c1. The standard InChI is InChI=1S/C17H14F3N3O3S3/c1-29(25,26)23-12-5-6-13-14(8-12)28-16(22-13)27-9-15(24)21-11-4-2-3-10(7-11)17(18,19)20/h2-8,23H,9H2,1H3,(H,21,24). The largest absolute Gasteiger partial charge is 0.416 e. The number of anilines is 2. The van der Waals surface area contributed by atoms with Crippen LogP contribution in [0.2, 0.25) is 0 Å². The molecule has 0 aliphatic heterocycles. The summed E-state index contributed by atoms with van der Waals surface area (Å²) in [5.41, 5.74) is 0.274. The third-order valence-corrected chi connectivity index (χ3v) is 6.24. The van der Waals surface area contributed by atoms with Gasteiger partial charge in [-0.1, -0.05) is 17.8 Å². The lowest BCUT2D eigenvalue weighted by Gasteiger charge is -2.09. The van der Waals surface area contributed by atoms with Crippen molar-refractivity contribution in [2.75, 3.05) is 22.0 Å². The van der Waals surface area contributed by atoms with Gasteiger partial charge in [0.15, 0.2) is 4.34 Å². The summed E-state index contributed by atoms with van der Waals surface area (Å²) >= 11 is 2.42. The van der Waals surface area contributed by atoms with E-state index in [4.69, 9.17) is 0 Å². The number of hydrogen-bond donors (Lipinski definition) is 2. The molecule has 2 N–H and O–H groups in total. The van der Waals surface area contributed by atoms with Gasteiger partial charge in [0, 0.05) is 5.69 Å². The molecule has 6 nitrogen and oxygen atoms in total. The van der Waals surface area contributed by atoms with Crippen LogP contribution in [0.4, 0.5) is 24.5 Å². The lowest BCUT2D eigenvalue weighted by molar-refractivity contribution is -0.137. The summed E-state index contributed by atoms with van der Waals surface area (Å²) in [6.07, 6.45) is -3.44. The summed E-state index contributed by atoms with van der Waals surface area (Å²) in [5, 5.41) is 2.43. The fraction of sp³-hybridized carbons (Fsp3) is 0.176. The van der Waals surface area contributed by atoms with Gasteiger partial charge in [-0.3, -0.25) is 9.52 Å². The number of carbonyl (C=O) groups is 1. The fourth-order valence-electron chi connectivity index (χ4n) is 2.34. The van der Waals surface area contributed by atoms with Crippen molar-refractivity contribution in [1.29, 1.82) is 0 Å². The molecule has 0 aliphatic carbocycles. The second-order valence-corrected chi connectivity index (χ2v) is 9.95. The molecule has 0 unspecified atom stereocenters. The van der Waals surface area contributed by atoms with Crippen LogP contribution >= 0.6 is 23.1 Å². The highest BCUT2D eigenvalue weighted by Crippen LogP contribution is 2.32. The minimum absolute atomic E-state index is 0.0372. The first-order valence-electron chi connectivity index (χ1n) is 7.98. The summed E-state index contributed by atoms with van der Waals surface area (Å²) in [7, 11) is -3.40. The number of thiazole rings is 1.